The summed E-state index contributed by atoms with van der Waals surface area (Å²) in [6.45, 7) is 2.96. The number of hydrogen-bond acceptors (Lipinski definition) is 3. The Labute approximate surface area is 101 Å². The van der Waals surface area contributed by atoms with Crippen molar-refractivity contribution in [2.24, 2.45) is 5.92 Å². The first-order chi connectivity index (χ1) is 8.22. The lowest BCUT2D eigenvalue weighted by Gasteiger charge is -2.44. The fourth-order valence-corrected chi connectivity index (χ4v) is 2.03. The number of amides is 1. The van der Waals surface area contributed by atoms with Crippen molar-refractivity contribution in [1.82, 2.24) is 4.90 Å². The summed E-state index contributed by atoms with van der Waals surface area (Å²) in [5, 5.41) is 9.11. The lowest BCUT2D eigenvalue weighted by molar-refractivity contribution is -0.0146. The molecule has 0 bridgehead atoms. The first-order valence-corrected chi connectivity index (χ1v) is 5.80. The highest BCUT2D eigenvalue weighted by Crippen LogP contribution is 2.24. The molecule has 92 valence electrons. The van der Waals surface area contributed by atoms with Crippen LogP contribution in [0.2, 0.25) is 0 Å². The molecule has 1 aliphatic rings. The van der Waals surface area contributed by atoms with Gasteiger partial charge >= 0.3 is 6.09 Å². The van der Waals surface area contributed by atoms with E-state index in [1.165, 1.54) is 0 Å². The maximum Gasteiger partial charge on any atom is 0.410 e. The van der Waals surface area contributed by atoms with Crippen molar-refractivity contribution < 1.29 is 14.6 Å². The van der Waals surface area contributed by atoms with Gasteiger partial charge in [-0.2, -0.15) is 0 Å². The van der Waals surface area contributed by atoms with E-state index >= 15 is 0 Å². The molecular weight excluding hydrogens is 218 g/mol. The van der Waals surface area contributed by atoms with Gasteiger partial charge in [0, 0.05) is 6.54 Å². The second-order valence-electron chi connectivity index (χ2n) is 4.42. The van der Waals surface area contributed by atoms with Gasteiger partial charge in [-0.25, -0.2) is 4.79 Å². The zero-order chi connectivity index (χ0) is 12.3. The van der Waals surface area contributed by atoms with Gasteiger partial charge in [0.25, 0.3) is 0 Å². The van der Waals surface area contributed by atoms with Crippen LogP contribution in [0.1, 0.15) is 12.5 Å². The molecule has 2 atom stereocenters. The van der Waals surface area contributed by atoms with Crippen LogP contribution in [0, 0.1) is 5.92 Å². The van der Waals surface area contributed by atoms with E-state index < -0.39 is 0 Å². The zero-order valence-electron chi connectivity index (χ0n) is 9.87. The molecule has 0 aromatic heterocycles. The van der Waals surface area contributed by atoms with E-state index in [1.54, 1.807) is 4.90 Å². The van der Waals surface area contributed by atoms with Crippen LogP contribution in [-0.2, 0) is 11.3 Å². The number of rotatable bonds is 3. The molecule has 1 aromatic carbocycles. The Hall–Kier alpha value is -1.55. The van der Waals surface area contributed by atoms with Crippen molar-refractivity contribution in [3.63, 3.8) is 0 Å². The number of benzene rings is 1. The highest BCUT2D eigenvalue weighted by molar-refractivity contribution is 5.69. The predicted octanol–water partition coefficient (Wildman–Crippen LogP) is 1.64. The van der Waals surface area contributed by atoms with Crippen LogP contribution < -0.4 is 0 Å². The van der Waals surface area contributed by atoms with Gasteiger partial charge in [0.1, 0.15) is 6.61 Å². The molecule has 2 unspecified atom stereocenters. The van der Waals surface area contributed by atoms with Crippen molar-refractivity contribution in [3.05, 3.63) is 35.9 Å². The van der Waals surface area contributed by atoms with Crippen molar-refractivity contribution in [2.75, 3.05) is 13.2 Å². The third-order valence-electron chi connectivity index (χ3n) is 3.17. The van der Waals surface area contributed by atoms with Gasteiger partial charge < -0.3 is 14.7 Å². The van der Waals surface area contributed by atoms with E-state index in [0.717, 1.165) is 5.56 Å². The van der Waals surface area contributed by atoms with Crippen molar-refractivity contribution >= 4 is 6.09 Å². The third-order valence-corrected chi connectivity index (χ3v) is 3.17. The summed E-state index contributed by atoms with van der Waals surface area (Å²) in [4.78, 5) is 13.3. The Bertz CT molecular complexity index is 380. The minimum Gasteiger partial charge on any atom is -0.445 e. The lowest BCUT2D eigenvalue weighted by atomic mass is 9.92. The van der Waals surface area contributed by atoms with E-state index in [-0.39, 0.29) is 25.3 Å². The van der Waals surface area contributed by atoms with Crippen molar-refractivity contribution in [2.45, 2.75) is 19.6 Å². The number of nitrogens with zero attached hydrogens (tertiary/aromatic N) is 1. The van der Waals surface area contributed by atoms with Gasteiger partial charge in [0.05, 0.1) is 12.6 Å². The van der Waals surface area contributed by atoms with E-state index in [1.807, 2.05) is 37.3 Å². The number of ether oxygens (including phenoxy) is 1. The Morgan fingerprint density at radius 1 is 1.47 bits per heavy atom. The highest BCUT2D eigenvalue weighted by atomic mass is 16.6. The van der Waals surface area contributed by atoms with Gasteiger partial charge in [0.2, 0.25) is 0 Å². The molecule has 0 radical (unpaired) electrons. The summed E-state index contributed by atoms with van der Waals surface area (Å²) in [6, 6.07) is 9.48. The van der Waals surface area contributed by atoms with Crippen LogP contribution in [0.4, 0.5) is 4.79 Å². The van der Waals surface area contributed by atoms with Crippen LogP contribution in [0.25, 0.3) is 0 Å². The van der Waals surface area contributed by atoms with Gasteiger partial charge in [0.15, 0.2) is 0 Å². The fraction of sp³-hybridized carbons (Fsp3) is 0.462. The summed E-state index contributed by atoms with van der Waals surface area (Å²) in [5.41, 5.74) is 0.968. The zero-order valence-corrected chi connectivity index (χ0v) is 9.87. The smallest absolute Gasteiger partial charge is 0.410 e. The van der Waals surface area contributed by atoms with Crippen molar-refractivity contribution in [1.29, 1.82) is 0 Å². The quantitative estimate of drug-likeness (QED) is 0.866. The number of carbonyl (C=O) groups excluding carboxylic acids is 1. The average molecular weight is 235 g/mol. The predicted molar refractivity (Wildman–Crippen MR) is 63.4 cm³/mol. The molecule has 17 heavy (non-hydrogen) atoms. The van der Waals surface area contributed by atoms with E-state index in [2.05, 4.69) is 0 Å². The highest BCUT2D eigenvalue weighted by Gasteiger charge is 2.39. The molecule has 1 aliphatic heterocycles. The van der Waals surface area contributed by atoms with E-state index in [4.69, 9.17) is 9.84 Å². The minimum absolute atomic E-state index is 0.00159. The molecule has 1 aromatic rings. The van der Waals surface area contributed by atoms with Gasteiger partial charge in [-0.3, -0.25) is 0 Å². The molecule has 4 nitrogen and oxygen atoms in total. The number of aliphatic hydroxyl groups is 1. The second-order valence-corrected chi connectivity index (χ2v) is 4.42. The minimum atomic E-state index is -0.342. The Kier molecular flexibility index (Phi) is 3.64. The van der Waals surface area contributed by atoms with E-state index in [9.17, 15) is 4.79 Å². The molecule has 2 rings (SSSR count). The van der Waals surface area contributed by atoms with Crippen LogP contribution in [-0.4, -0.2) is 35.3 Å². The number of aliphatic hydroxyl groups excluding tert-OH is 1. The standard InChI is InChI=1S/C13H17NO3/c1-10-7-14(12(10)8-15)13(16)17-9-11-5-3-2-4-6-11/h2-6,10,12,15H,7-9H2,1H3. The number of carbonyl (C=O) groups is 1. The second kappa shape index (κ2) is 5.19. The monoisotopic (exact) mass is 235 g/mol. The fourth-order valence-electron chi connectivity index (χ4n) is 2.03. The van der Waals surface area contributed by atoms with Crippen LogP contribution in [0.15, 0.2) is 30.3 Å². The summed E-state index contributed by atoms with van der Waals surface area (Å²) < 4.78 is 5.19. The molecule has 1 heterocycles. The molecule has 0 spiro atoms. The Balaban J connectivity index is 1.82. The van der Waals surface area contributed by atoms with Crippen LogP contribution in [0.3, 0.4) is 0 Å². The number of hydrogen-bond donors (Lipinski definition) is 1. The normalized spacial score (nSPS) is 23.1. The summed E-state index contributed by atoms with van der Waals surface area (Å²) in [7, 11) is 0. The molecule has 1 amide bonds. The Morgan fingerprint density at radius 2 is 2.18 bits per heavy atom. The summed E-state index contributed by atoms with van der Waals surface area (Å²) >= 11 is 0. The summed E-state index contributed by atoms with van der Waals surface area (Å²) in [6.07, 6.45) is -0.342. The van der Waals surface area contributed by atoms with Crippen LogP contribution in [0.5, 0.6) is 0 Å². The number of likely N-dealkylation sites (tertiary alicyclic amines) is 1. The molecule has 0 aliphatic carbocycles. The molecule has 0 saturated carbocycles. The van der Waals surface area contributed by atoms with Gasteiger partial charge in [-0.15, -0.1) is 0 Å². The molecule has 4 heteroatoms. The summed E-state index contributed by atoms with van der Waals surface area (Å²) in [5.74, 6) is 0.351. The molecular formula is C13H17NO3. The Morgan fingerprint density at radius 3 is 2.76 bits per heavy atom. The average Bonchev–Trinajstić information content (AvgIpc) is 2.35. The topological polar surface area (TPSA) is 49.8 Å². The van der Waals surface area contributed by atoms with Crippen molar-refractivity contribution in [3.8, 4) is 0 Å². The third kappa shape index (κ3) is 2.58. The molecule has 1 N–H and O–H groups in total. The SMILES string of the molecule is CC1CN(C(=O)OCc2ccccc2)C1CO. The molecule has 1 saturated heterocycles. The first-order valence-electron chi connectivity index (χ1n) is 5.80. The molecule has 1 fully saturated rings. The largest absolute Gasteiger partial charge is 0.445 e. The van der Waals surface area contributed by atoms with Gasteiger partial charge in [-0.1, -0.05) is 37.3 Å². The van der Waals surface area contributed by atoms with E-state index in [0.29, 0.717) is 12.5 Å². The first kappa shape index (κ1) is 11.9. The lowest BCUT2D eigenvalue weighted by Crippen LogP contribution is -2.59. The maximum atomic E-state index is 11.7. The van der Waals surface area contributed by atoms with Gasteiger partial charge in [-0.05, 0) is 11.5 Å². The van der Waals surface area contributed by atoms with Crippen LogP contribution >= 0.6 is 0 Å². The maximum absolute atomic E-state index is 11.7.